The smallest absolute Gasteiger partial charge is 0.119 e. The van der Waals surface area contributed by atoms with Crippen LogP contribution in [0.3, 0.4) is 0 Å². The number of aliphatic hydroxyl groups is 1. The summed E-state index contributed by atoms with van der Waals surface area (Å²) < 4.78 is 5.55. The second-order valence-corrected chi connectivity index (χ2v) is 3.38. The molecule has 2 heterocycles. The van der Waals surface area contributed by atoms with E-state index in [2.05, 4.69) is 5.92 Å². The van der Waals surface area contributed by atoms with E-state index in [0.717, 1.165) is 19.3 Å². The van der Waals surface area contributed by atoms with Gasteiger partial charge < -0.3 is 9.84 Å². The number of ether oxygens (including phenoxy) is 1. The topological polar surface area (TPSA) is 29.5 Å². The van der Waals surface area contributed by atoms with E-state index in [1.54, 1.807) is 0 Å². The molecular weight excluding hydrogens is 140 g/mol. The molecule has 2 bridgehead atoms. The van der Waals surface area contributed by atoms with Crippen LogP contribution >= 0.6 is 0 Å². The quantitative estimate of drug-likeness (QED) is 0.556. The zero-order valence-electron chi connectivity index (χ0n) is 6.36. The van der Waals surface area contributed by atoms with Gasteiger partial charge in [-0.25, -0.2) is 0 Å². The van der Waals surface area contributed by atoms with Crippen LogP contribution in [-0.4, -0.2) is 23.4 Å². The Balaban J connectivity index is 2.03. The van der Waals surface area contributed by atoms with E-state index in [9.17, 15) is 5.11 Å². The Morgan fingerprint density at radius 1 is 1.55 bits per heavy atom. The number of hydrogen-bond donors (Lipinski definition) is 1. The van der Waals surface area contributed by atoms with Crippen molar-refractivity contribution in [3.8, 4) is 12.3 Å². The van der Waals surface area contributed by atoms with E-state index >= 15 is 0 Å². The number of rotatable bonds is 1. The van der Waals surface area contributed by atoms with Gasteiger partial charge in [-0.1, -0.05) is 5.92 Å². The third kappa shape index (κ3) is 1.05. The van der Waals surface area contributed by atoms with Crippen molar-refractivity contribution >= 4 is 0 Å². The first-order valence-electron chi connectivity index (χ1n) is 4.11. The van der Waals surface area contributed by atoms with Crippen LogP contribution in [0.1, 0.15) is 19.3 Å². The van der Waals surface area contributed by atoms with E-state index in [-0.39, 0.29) is 12.0 Å². The van der Waals surface area contributed by atoms with E-state index < -0.39 is 6.10 Å². The zero-order chi connectivity index (χ0) is 7.84. The van der Waals surface area contributed by atoms with Gasteiger partial charge in [-0.3, -0.25) is 0 Å². The molecule has 11 heavy (non-hydrogen) atoms. The molecule has 1 N–H and O–H groups in total. The second-order valence-electron chi connectivity index (χ2n) is 3.38. The van der Waals surface area contributed by atoms with Crippen molar-refractivity contribution < 1.29 is 9.84 Å². The van der Waals surface area contributed by atoms with Crippen LogP contribution in [0.4, 0.5) is 0 Å². The summed E-state index contributed by atoms with van der Waals surface area (Å²) in [5.74, 6) is 2.57. The second kappa shape index (κ2) is 2.51. The monoisotopic (exact) mass is 152 g/mol. The van der Waals surface area contributed by atoms with E-state index in [4.69, 9.17) is 11.2 Å². The molecule has 0 radical (unpaired) electrons. The highest BCUT2D eigenvalue weighted by Gasteiger charge is 2.43. The number of fused-ring (bicyclic) bond motifs is 2. The van der Waals surface area contributed by atoms with Crippen molar-refractivity contribution in [3.05, 3.63) is 0 Å². The summed E-state index contributed by atoms with van der Waals surface area (Å²) in [7, 11) is 0. The van der Waals surface area contributed by atoms with Crippen LogP contribution in [0.5, 0.6) is 0 Å². The van der Waals surface area contributed by atoms with Crippen molar-refractivity contribution in [1.82, 2.24) is 0 Å². The maximum absolute atomic E-state index is 9.36. The fourth-order valence-corrected chi connectivity index (χ4v) is 2.13. The minimum absolute atomic E-state index is 0.207. The number of hydrogen-bond acceptors (Lipinski definition) is 2. The molecule has 2 nitrogen and oxygen atoms in total. The Kier molecular flexibility index (Phi) is 1.63. The van der Waals surface area contributed by atoms with Gasteiger partial charge in [0.1, 0.15) is 6.10 Å². The lowest BCUT2D eigenvalue weighted by Crippen LogP contribution is -2.27. The van der Waals surface area contributed by atoms with E-state index in [1.165, 1.54) is 0 Å². The lowest BCUT2D eigenvalue weighted by Gasteiger charge is -2.19. The highest BCUT2D eigenvalue weighted by Crippen LogP contribution is 2.40. The average molecular weight is 152 g/mol. The van der Waals surface area contributed by atoms with Crippen LogP contribution in [0.2, 0.25) is 0 Å². The van der Waals surface area contributed by atoms with Gasteiger partial charge in [0, 0.05) is 5.92 Å². The van der Waals surface area contributed by atoms with E-state index in [0.29, 0.717) is 6.10 Å². The molecule has 2 aliphatic heterocycles. The molecule has 4 atom stereocenters. The first kappa shape index (κ1) is 7.15. The Morgan fingerprint density at radius 3 is 2.82 bits per heavy atom. The zero-order valence-corrected chi connectivity index (χ0v) is 6.36. The van der Waals surface area contributed by atoms with Crippen LogP contribution in [-0.2, 0) is 4.74 Å². The number of aliphatic hydroxyl groups excluding tert-OH is 1. The van der Waals surface area contributed by atoms with Crippen molar-refractivity contribution in [3.63, 3.8) is 0 Å². The third-order valence-electron chi connectivity index (χ3n) is 2.73. The van der Waals surface area contributed by atoms with Crippen molar-refractivity contribution in [2.45, 2.75) is 37.6 Å². The largest absolute Gasteiger partial charge is 0.380 e. The molecule has 0 spiro atoms. The molecule has 2 rings (SSSR count). The minimum atomic E-state index is -0.592. The molecular formula is C9H12O2. The lowest BCUT2D eigenvalue weighted by atomic mass is 9.85. The van der Waals surface area contributed by atoms with Crippen LogP contribution in [0.15, 0.2) is 0 Å². The molecule has 2 heteroatoms. The van der Waals surface area contributed by atoms with Crippen molar-refractivity contribution in [2.24, 2.45) is 5.92 Å². The lowest BCUT2D eigenvalue weighted by molar-refractivity contribution is 0.0643. The third-order valence-corrected chi connectivity index (χ3v) is 2.73. The molecule has 0 aromatic heterocycles. The van der Waals surface area contributed by atoms with Gasteiger partial charge in [-0.15, -0.1) is 6.42 Å². The van der Waals surface area contributed by atoms with Gasteiger partial charge in [0.05, 0.1) is 12.2 Å². The van der Waals surface area contributed by atoms with Crippen molar-refractivity contribution in [2.75, 3.05) is 0 Å². The summed E-state index contributed by atoms with van der Waals surface area (Å²) in [6.07, 6.45) is 8.34. The summed E-state index contributed by atoms with van der Waals surface area (Å²) in [5, 5.41) is 9.36. The summed E-state index contributed by atoms with van der Waals surface area (Å²) in [6, 6.07) is 0. The fraction of sp³-hybridized carbons (Fsp3) is 0.778. The molecule has 2 aliphatic rings. The van der Waals surface area contributed by atoms with Crippen LogP contribution < -0.4 is 0 Å². The predicted molar refractivity (Wildman–Crippen MR) is 40.8 cm³/mol. The average Bonchev–Trinajstić information content (AvgIpc) is 2.62. The molecule has 2 fully saturated rings. The summed E-state index contributed by atoms with van der Waals surface area (Å²) in [6.45, 7) is 0. The standard InChI is InChI=1S/C9H12O2/c1-2-8(10)7-5-6-3-4-9(7)11-6/h1,6-10H,3-5H2. The Labute approximate surface area is 66.6 Å². The Morgan fingerprint density at radius 2 is 2.36 bits per heavy atom. The first-order valence-corrected chi connectivity index (χ1v) is 4.11. The molecule has 60 valence electrons. The SMILES string of the molecule is C#CC(O)C1CC2CCC1O2. The van der Waals surface area contributed by atoms with E-state index in [1.807, 2.05) is 0 Å². The molecule has 4 unspecified atom stereocenters. The maximum Gasteiger partial charge on any atom is 0.119 e. The van der Waals surface area contributed by atoms with Crippen LogP contribution in [0, 0.1) is 18.3 Å². The fourth-order valence-electron chi connectivity index (χ4n) is 2.13. The maximum atomic E-state index is 9.36. The first-order chi connectivity index (χ1) is 5.31. The normalized spacial score (nSPS) is 43.8. The highest BCUT2D eigenvalue weighted by molar-refractivity contribution is 5.03. The van der Waals surface area contributed by atoms with Gasteiger partial charge in [0.25, 0.3) is 0 Å². The highest BCUT2D eigenvalue weighted by atomic mass is 16.5. The minimum Gasteiger partial charge on any atom is -0.380 e. The Hall–Kier alpha value is -0.520. The molecule has 0 amide bonds. The predicted octanol–water partition coefficient (Wildman–Crippen LogP) is 0.548. The summed E-state index contributed by atoms with van der Waals surface area (Å²) in [4.78, 5) is 0. The van der Waals surface area contributed by atoms with Gasteiger partial charge in [0.15, 0.2) is 0 Å². The summed E-state index contributed by atoms with van der Waals surface area (Å²) >= 11 is 0. The molecule has 0 aromatic rings. The molecule has 0 saturated carbocycles. The van der Waals surface area contributed by atoms with Crippen molar-refractivity contribution in [1.29, 1.82) is 0 Å². The van der Waals surface area contributed by atoms with Gasteiger partial charge in [0.2, 0.25) is 0 Å². The molecule has 0 aromatic carbocycles. The Bertz CT molecular complexity index is 194. The summed E-state index contributed by atoms with van der Waals surface area (Å²) in [5.41, 5.74) is 0. The van der Waals surface area contributed by atoms with Crippen LogP contribution in [0.25, 0.3) is 0 Å². The van der Waals surface area contributed by atoms with Gasteiger partial charge in [-0.05, 0) is 19.3 Å². The number of terminal acetylenes is 1. The van der Waals surface area contributed by atoms with Gasteiger partial charge in [-0.2, -0.15) is 0 Å². The van der Waals surface area contributed by atoms with Gasteiger partial charge >= 0.3 is 0 Å². The molecule has 0 aliphatic carbocycles. The molecule has 2 saturated heterocycles.